The van der Waals surface area contributed by atoms with Crippen molar-refractivity contribution in [1.29, 1.82) is 0 Å². The zero-order valence-electron chi connectivity index (χ0n) is 17.4. The number of hydrogen-bond donors (Lipinski definition) is 1. The molecule has 0 saturated heterocycles. The Morgan fingerprint density at radius 1 is 1.06 bits per heavy atom. The highest BCUT2D eigenvalue weighted by atomic mass is 35.5. The number of aromatic nitrogens is 3. The predicted molar refractivity (Wildman–Crippen MR) is 124 cm³/mol. The summed E-state index contributed by atoms with van der Waals surface area (Å²) in [6.07, 6.45) is 0.821. The van der Waals surface area contributed by atoms with Crippen molar-refractivity contribution in [2.24, 2.45) is 5.92 Å². The summed E-state index contributed by atoms with van der Waals surface area (Å²) in [7, 11) is 0. The molecule has 2 heterocycles. The zero-order valence-corrected chi connectivity index (χ0v) is 18.9. The van der Waals surface area contributed by atoms with Gasteiger partial charge in [0.1, 0.15) is 11.8 Å². The van der Waals surface area contributed by atoms with E-state index in [4.69, 9.17) is 27.9 Å². The summed E-state index contributed by atoms with van der Waals surface area (Å²) < 4.78 is 6.80. The Morgan fingerprint density at radius 2 is 1.77 bits per heavy atom. The highest BCUT2D eigenvalue weighted by Gasteiger charge is 2.27. The van der Waals surface area contributed by atoms with Gasteiger partial charge in [0, 0.05) is 29.3 Å². The summed E-state index contributed by atoms with van der Waals surface area (Å²) in [6, 6.07) is 17.5. The van der Waals surface area contributed by atoms with Crippen molar-refractivity contribution < 1.29 is 9.47 Å². The van der Waals surface area contributed by atoms with E-state index < -0.39 is 0 Å². The number of benzene rings is 2. The first kappa shape index (κ1) is 21.5. The normalized spacial score (nSPS) is 11.4. The maximum absolute atomic E-state index is 13.3. The molecule has 4 aromatic rings. The van der Waals surface area contributed by atoms with Crippen molar-refractivity contribution in [3.05, 3.63) is 92.6 Å². The van der Waals surface area contributed by atoms with Crippen molar-refractivity contribution in [3.63, 3.8) is 0 Å². The van der Waals surface area contributed by atoms with Gasteiger partial charge in [-0.1, -0.05) is 85.6 Å². The summed E-state index contributed by atoms with van der Waals surface area (Å²) in [5, 5.41) is 15.0. The van der Waals surface area contributed by atoms with E-state index in [0.29, 0.717) is 29.4 Å². The number of nitrogens with one attached hydrogen (secondary N) is 1. The van der Waals surface area contributed by atoms with Gasteiger partial charge >= 0.3 is 5.88 Å². The van der Waals surface area contributed by atoms with E-state index in [1.165, 1.54) is 0 Å². The van der Waals surface area contributed by atoms with Crippen LogP contribution in [0, 0.1) is 11.1 Å². The lowest BCUT2D eigenvalue weighted by Gasteiger charge is -2.15. The predicted octanol–water partition coefficient (Wildman–Crippen LogP) is 5.87. The number of H-pyrrole nitrogens is 1. The Morgan fingerprint density at radius 3 is 2.52 bits per heavy atom. The van der Waals surface area contributed by atoms with Crippen LogP contribution in [0.1, 0.15) is 36.4 Å². The van der Waals surface area contributed by atoms with Crippen LogP contribution in [0.15, 0.2) is 54.6 Å². The van der Waals surface area contributed by atoms with E-state index >= 15 is 0 Å². The maximum atomic E-state index is 13.3. The zero-order chi connectivity index (χ0) is 22.0. The first-order valence-electron chi connectivity index (χ1n) is 10.2. The second-order valence-corrected chi connectivity index (χ2v) is 8.64. The highest BCUT2D eigenvalue weighted by molar-refractivity contribution is 6.31. The lowest BCUT2D eigenvalue weighted by atomic mass is 10.1. The molecule has 0 bridgehead atoms. The number of aromatic amines is 1. The topological polar surface area (TPSA) is 64.8 Å². The maximum Gasteiger partial charge on any atom is 0.402 e. The monoisotopic (exact) mass is 455 g/mol. The van der Waals surface area contributed by atoms with Crippen LogP contribution in [-0.4, -0.2) is 9.97 Å². The number of ether oxygens (including phenoxy) is 1. The molecule has 0 unspecified atom stereocenters. The van der Waals surface area contributed by atoms with Gasteiger partial charge < -0.3 is 14.9 Å². The molecule has 5 nitrogen and oxygen atoms in total. The van der Waals surface area contributed by atoms with Crippen molar-refractivity contribution in [2.75, 3.05) is 0 Å². The van der Waals surface area contributed by atoms with E-state index in [-0.39, 0.29) is 23.6 Å². The fourth-order valence-corrected chi connectivity index (χ4v) is 4.13. The van der Waals surface area contributed by atoms with Crippen LogP contribution in [0.25, 0.3) is 10.9 Å². The minimum atomic E-state index is 0.158. The lowest BCUT2D eigenvalue weighted by Crippen LogP contribution is -2.37. The van der Waals surface area contributed by atoms with E-state index in [0.717, 1.165) is 26.8 Å². The summed E-state index contributed by atoms with van der Waals surface area (Å²) in [5.41, 5.74) is 3.59. The number of para-hydroxylation sites is 1. The Bertz CT molecular complexity index is 1210. The third-order valence-corrected chi connectivity index (χ3v) is 5.70. The number of halogens is 2. The molecule has 0 atom stereocenters. The van der Waals surface area contributed by atoms with Gasteiger partial charge in [0.15, 0.2) is 10.8 Å². The first-order valence-corrected chi connectivity index (χ1v) is 10.9. The standard InChI is InChI=1S/C24H23Cl2N3O2/c1-15(2)12-21-23(26)28-20(13-18-17-10-6-7-11-19(17)27-22(18)25)24(29(21)30)31-14-16-8-4-3-5-9-16/h3-11,15,27H,12-14H2,1-2H3. The van der Waals surface area contributed by atoms with Crippen LogP contribution in [0.3, 0.4) is 0 Å². The van der Waals surface area contributed by atoms with Crippen LogP contribution in [-0.2, 0) is 19.4 Å². The van der Waals surface area contributed by atoms with Gasteiger partial charge in [-0.3, -0.25) is 0 Å². The molecule has 2 aromatic heterocycles. The van der Waals surface area contributed by atoms with Gasteiger partial charge in [0.05, 0.1) is 0 Å². The first-order chi connectivity index (χ1) is 14.9. The summed E-state index contributed by atoms with van der Waals surface area (Å²) >= 11 is 12.9. The third kappa shape index (κ3) is 4.63. The third-order valence-electron chi connectivity index (χ3n) is 5.07. The molecule has 2 aromatic carbocycles. The van der Waals surface area contributed by atoms with Gasteiger partial charge in [0.25, 0.3) is 0 Å². The molecular formula is C24H23Cl2N3O2. The molecule has 1 N–H and O–H groups in total. The molecule has 4 rings (SSSR count). The van der Waals surface area contributed by atoms with Gasteiger partial charge in [-0.05, 0) is 17.5 Å². The van der Waals surface area contributed by atoms with Crippen LogP contribution in [0.2, 0.25) is 10.3 Å². The van der Waals surface area contributed by atoms with Gasteiger partial charge in [-0.25, -0.2) is 4.98 Å². The average Bonchev–Trinajstić information content (AvgIpc) is 3.06. The van der Waals surface area contributed by atoms with Gasteiger partial charge in [-0.2, -0.15) is 0 Å². The van der Waals surface area contributed by atoms with Crippen molar-refractivity contribution >= 4 is 34.1 Å². The molecule has 160 valence electrons. The van der Waals surface area contributed by atoms with Crippen molar-refractivity contribution in [3.8, 4) is 5.88 Å². The Labute approximate surface area is 191 Å². The SMILES string of the molecule is CC(C)Cc1c(Cl)nc(Cc2c(Cl)[nH]c3ccccc23)c(OCc2ccccc2)[n+]1[O-]. The van der Waals surface area contributed by atoms with Crippen LogP contribution < -0.4 is 9.47 Å². The fourth-order valence-electron chi connectivity index (χ4n) is 3.60. The molecule has 0 amide bonds. The molecule has 0 saturated carbocycles. The number of nitrogens with zero attached hydrogens (tertiary/aromatic N) is 2. The Hall–Kier alpha value is -2.76. The van der Waals surface area contributed by atoms with Crippen LogP contribution >= 0.6 is 23.2 Å². The van der Waals surface area contributed by atoms with Gasteiger partial charge in [0.2, 0.25) is 5.69 Å². The largest absolute Gasteiger partial charge is 0.616 e. The van der Waals surface area contributed by atoms with Crippen molar-refractivity contribution in [1.82, 2.24) is 9.97 Å². The smallest absolute Gasteiger partial charge is 0.402 e. The molecule has 0 radical (unpaired) electrons. The van der Waals surface area contributed by atoms with E-state index in [1.807, 2.05) is 68.4 Å². The Kier molecular flexibility index (Phi) is 6.35. The number of rotatable bonds is 7. The average molecular weight is 456 g/mol. The fraction of sp³-hybridized carbons (Fsp3) is 0.250. The minimum Gasteiger partial charge on any atom is -0.616 e. The van der Waals surface area contributed by atoms with Crippen LogP contribution in [0.4, 0.5) is 0 Å². The number of hydrogen-bond acceptors (Lipinski definition) is 3. The minimum absolute atomic E-state index is 0.158. The van der Waals surface area contributed by atoms with Gasteiger partial charge in [-0.15, -0.1) is 4.73 Å². The molecule has 0 spiro atoms. The molecule has 0 fully saturated rings. The molecule has 7 heteroatoms. The molecular weight excluding hydrogens is 433 g/mol. The van der Waals surface area contributed by atoms with E-state index in [1.54, 1.807) is 0 Å². The Balaban J connectivity index is 1.77. The summed E-state index contributed by atoms with van der Waals surface area (Å²) in [5.74, 6) is 0.403. The lowest BCUT2D eigenvalue weighted by molar-refractivity contribution is -0.622. The summed E-state index contributed by atoms with van der Waals surface area (Å²) in [4.78, 5) is 7.74. The molecule has 31 heavy (non-hydrogen) atoms. The van der Waals surface area contributed by atoms with E-state index in [9.17, 15) is 5.21 Å². The number of fused-ring (bicyclic) bond motifs is 1. The summed E-state index contributed by atoms with van der Waals surface area (Å²) in [6.45, 7) is 4.31. The second-order valence-electron chi connectivity index (χ2n) is 7.91. The quantitative estimate of drug-likeness (QED) is 0.279. The van der Waals surface area contributed by atoms with Crippen LogP contribution in [0.5, 0.6) is 5.88 Å². The van der Waals surface area contributed by atoms with E-state index in [2.05, 4.69) is 9.97 Å². The second kappa shape index (κ2) is 9.16. The molecule has 0 aliphatic heterocycles. The van der Waals surface area contributed by atoms with Crippen molar-refractivity contribution in [2.45, 2.75) is 33.3 Å². The highest BCUT2D eigenvalue weighted by Crippen LogP contribution is 2.31. The molecule has 0 aliphatic rings. The molecule has 0 aliphatic carbocycles.